The van der Waals surface area contributed by atoms with Crippen LogP contribution in [-0.2, 0) is 4.79 Å². The molecule has 0 unspecified atom stereocenters. The van der Waals surface area contributed by atoms with Gasteiger partial charge in [0.1, 0.15) is 0 Å². The highest BCUT2D eigenvalue weighted by Crippen LogP contribution is 2.25. The summed E-state index contributed by atoms with van der Waals surface area (Å²) in [5, 5.41) is 2.97. The van der Waals surface area contributed by atoms with Crippen molar-refractivity contribution in [2.45, 2.75) is 19.3 Å². The number of hydrogen-bond donors (Lipinski definition) is 1. The van der Waals surface area contributed by atoms with Crippen molar-refractivity contribution in [3.63, 3.8) is 0 Å². The van der Waals surface area contributed by atoms with Crippen LogP contribution in [0.5, 0.6) is 0 Å². The van der Waals surface area contributed by atoms with E-state index in [0.29, 0.717) is 0 Å². The topological polar surface area (TPSA) is 29.1 Å². The van der Waals surface area contributed by atoms with Gasteiger partial charge < -0.3 is 5.32 Å². The molecule has 1 atom stereocenters. The summed E-state index contributed by atoms with van der Waals surface area (Å²) < 4.78 is 0.895. The summed E-state index contributed by atoms with van der Waals surface area (Å²) in [6.07, 6.45) is 0.778. The number of nitrogens with one attached hydrogen (secondary N) is 1. The molecule has 0 spiro atoms. The van der Waals surface area contributed by atoms with E-state index in [1.54, 1.807) is 0 Å². The van der Waals surface area contributed by atoms with Crippen LogP contribution >= 0.6 is 15.9 Å². The summed E-state index contributed by atoms with van der Waals surface area (Å²) >= 11 is 3.44. The molecule has 1 amide bonds. The predicted octanol–water partition coefficient (Wildman–Crippen LogP) is 4.58. The molecule has 0 radical (unpaired) electrons. The molecule has 2 aromatic rings. The molecule has 0 aromatic heterocycles. The number of benzene rings is 2. The van der Waals surface area contributed by atoms with Crippen molar-refractivity contribution < 1.29 is 4.79 Å². The second kappa shape index (κ2) is 6.53. The Balaban J connectivity index is 2.17. The molecule has 0 saturated heterocycles. The number of amides is 1. The molecule has 0 aliphatic heterocycles. The molecule has 2 nitrogen and oxygen atoms in total. The van der Waals surface area contributed by atoms with E-state index in [2.05, 4.69) is 21.2 Å². The highest BCUT2D eigenvalue weighted by atomic mass is 79.9. The van der Waals surface area contributed by atoms with Crippen molar-refractivity contribution >= 4 is 27.5 Å². The first-order valence-electron chi connectivity index (χ1n) is 6.32. The highest BCUT2D eigenvalue weighted by Gasteiger charge is 2.18. The van der Waals surface area contributed by atoms with Crippen molar-refractivity contribution in [1.82, 2.24) is 0 Å². The predicted molar refractivity (Wildman–Crippen MR) is 82.2 cm³/mol. The number of rotatable bonds is 4. The zero-order chi connectivity index (χ0) is 13.7. The average Bonchev–Trinajstić information content (AvgIpc) is 2.43. The molecule has 0 heterocycles. The molecule has 98 valence electrons. The van der Waals surface area contributed by atoms with Gasteiger partial charge in [-0.1, -0.05) is 49.4 Å². The fourth-order valence-electron chi connectivity index (χ4n) is 2.04. The van der Waals surface area contributed by atoms with E-state index in [1.807, 2.05) is 61.5 Å². The minimum absolute atomic E-state index is 0.0283. The lowest BCUT2D eigenvalue weighted by Crippen LogP contribution is -2.20. The smallest absolute Gasteiger partial charge is 0.231 e. The Morgan fingerprint density at radius 2 is 1.74 bits per heavy atom. The van der Waals surface area contributed by atoms with Crippen LogP contribution in [0.15, 0.2) is 59.1 Å². The molecule has 19 heavy (non-hydrogen) atoms. The van der Waals surface area contributed by atoms with Crippen LogP contribution in [0.1, 0.15) is 24.8 Å². The Bertz CT molecular complexity index is 554. The summed E-state index contributed by atoms with van der Waals surface area (Å²) in [4.78, 5) is 12.4. The van der Waals surface area contributed by atoms with Crippen molar-refractivity contribution in [3.8, 4) is 0 Å². The Labute approximate surface area is 122 Å². The number of carbonyl (C=O) groups is 1. The monoisotopic (exact) mass is 317 g/mol. The molecule has 0 saturated carbocycles. The molecule has 1 N–H and O–H groups in total. The number of para-hydroxylation sites is 1. The quantitative estimate of drug-likeness (QED) is 0.878. The zero-order valence-electron chi connectivity index (χ0n) is 10.8. The third-order valence-corrected chi connectivity index (χ3v) is 3.75. The second-order valence-electron chi connectivity index (χ2n) is 4.34. The van der Waals surface area contributed by atoms with Gasteiger partial charge in [0.2, 0.25) is 5.91 Å². The molecular weight excluding hydrogens is 302 g/mol. The van der Waals surface area contributed by atoms with Crippen molar-refractivity contribution in [1.29, 1.82) is 0 Å². The zero-order valence-corrected chi connectivity index (χ0v) is 12.4. The highest BCUT2D eigenvalue weighted by molar-refractivity contribution is 9.10. The Morgan fingerprint density at radius 3 is 2.37 bits per heavy atom. The summed E-state index contributed by atoms with van der Waals surface area (Å²) in [6, 6.07) is 17.5. The Hall–Kier alpha value is -1.61. The standard InChI is InChI=1S/C16H16BrNO/c1-2-13(12-8-4-3-5-9-12)16(19)18-15-11-7-6-10-14(15)17/h3-11,13H,2H2,1H3,(H,18,19)/t13-/m1/s1. The molecule has 0 bridgehead atoms. The minimum atomic E-state index is -0.117. The van der Waals surface area contributed by atoms with Crippen LogP contribution < -0.4 is 5.32 Å². The van der Waals surface area contributed by atoms with E-state index in [9.17, 15) is 4.79 Å². The maximum atomic E-state index is 12.4. The van der Waals surface area contributed by atoms with Gasteiger partial charge in [-0.15, -0.1) is 0 Å². The lowest BCUT2D eigenvalue weighted by molar-refractivity contribution is -0.117. The van der Waals surface area contributed by atoms with Gasteiger partial charge in [0, 0.05) is 4.47 Å². The average molecular weight is 318 g/mol. The van der Waals surface area contributed by atoms with Gasteiger partial charge in [-0.2, -0.15) is 0 Å². The van der Waals surface area contributed by atoms with Gasteiger partial charge in [0.05, 0.1) is 11.6 Å². The number of halogens is 1. The lowest BCUT2D eigenvalue weighted by atomic mass is 9.95. The van der Waals surface area contributed by atoms with E-state index in [4.69, 9.17) is 0 Å². The molecule has 0 aliphatic rings. The lowest BCUT2D eigenvalue weighted by Gasteiger charge is -2.16. The number of anilines is 1. The summed E-state index contributed by atoms with van der Waals surface area (Å²) in [6.45, 7) is 2.03. The maximum absolute atomic E-state index is 12.4. The summed E-state index contributed by atoms with van der Waals surface area (Å²) in [5.74, 6) is -0.0890. The van der Waals surface area contributed by atoms with Crippen LogP contribution in [0.2, 0.25) is 0 Å². The van der Waals surface area contributed by atoms with E-state index in [1.165, 1.54) is 0 Å². The van der Waals surface area contributed by atoms with Gasteiger partial charge in [-0.25, -0.2) is 0 Å². The molecular formula is C16H16BrNO. The fourth-order valence-corrected chi connectivity index (χ4v) is 2.42. The first-order valence-corrected chi connectivity index (χ1v) is 7.12. The second-order valence-corrected chi connectivity index (χ2v) is 5.19. The van der Waals surface area contributed by atoms with Crippen LogP contribution in [0.4, 0.5) is 5.69 Å². The summed E-state index contributed by atoms with van der Waals surface area (Å²) in [5.41, 5.74) is 1.86. The first-order chi connectivity index (χ1) is 9.22. The molecule has 0 aliphatic carbocycles. The first kappa shape index (κ1) is 13.8. The number of hydrogen-bond acceptors (Lipinski definition) is 1. The third kappa shape index (κ3) is 3.44. The van der Waals surface area contributed by atoms with E-state index in [0.717, 1.165) is 22.1 Å². The van der Waals surface area contributed by atoms with Gasteiger partial charge in [0.25, 0.3) is 0 Å². The van der Waals surface area contributed by atoms with Gasteiger partial charge in [-0.05, 0) is 40.0 Å². The molecule has 2 aromatic carbocycles. The Morgan fingerprint density at radius 1 is 1.11 bits per heavy atom. The normalized spacial score (nSPS) is 11.9. The van der Waals surface area contributed by atoms with Crippen molar-refractivity contribution in [2.75, 3.05) is 5.32 Å². The molecule has 0 fully saturated rings. The van der Waals surface area contributed by atoms with Gasteiger partial charge in [-0.3, -0.25) is 4.79 Å². The Kier molecular flexibility index (Phi) is 4.74. The third-order valence-electron chi connectivity index (χ3n) is 3.06. The van der Waals surface area contributed by atoms with Crippen LogP contribution in [0.3, 0.4) is 0 Å². The van der Waals surface area contributed by atoms with Crippen molar-refractivity contribution in [3.05, 3.63) is 64.6 Å². The molecule has 2 rings (SSSR count). The summed E-state index contributed by atoms with van der Waals surface area (Å²) in [7, 11) is 0. The largest absolute Gasteiger partial charge is 0.325 e. The van der Waals surface area contributed by atoms with Crippen LogP contribution in [0, 0.1) is 0 Å². The molecule has 3 heteroatoms. The van der Waals surface area contributed by atoms with E-state index < -0.39 is 0 Å². The van der Waals surface area contributed by atoms with Crippen molar-refractivity contribution in [2.24, 2.45) is 0 Å². The van der Waals surface area contributed by atoms with Crippen LogP contribution in [-0.4, -0.2) is 5.91 Å². The van der Waals surface area contributed by atoms with Gasteiger partial charge >= 0.3 is 0 Å². The SMILES string of the molecule is CC[C@@H](C(=O)Nc1ccccc1Br)c1ccccc1. The van der Waals surface area contributed by atoms with Gasteiger partial charge in [0.15, 0.2) is 0 Å². The fraction of sp³-hybridized carbons (Fsp3) is 0.188. The number of carbonyl (C=O) groups excluding carboxylic acids is 1. The van der Waals surface area contributed by atoms with E-state index >= 15 is 0 Å². The van der Waals surface area contributed by atoms with Crippen LogP contribution in [0.25, 0.3) is 0 Å². The minimum Gasteiger partial charge on any atom is -0.325 e. The van der Waals surface area contributed by atoms with E-state index in [-0.39, 0.29) is 11.8 Å². The maximum Gasteiger partial charge on any atom is 0.231 e.